The molecule has 2 aromatic rings. The second-order valence-electron chi connectivity index (χ2n) is 6.86. The minimum absolute atomic E-state index is 0.218. The molecule has 0 bridgehead atoms. The Labute approximate surface area is 141 Å². The summed E-state index contributed by atoms with van der Waals surface area (Å²) in [4.78, 5) is 22.0. The van der Waals surface area contributed by atoms with Gasteiger partial charge < -0.3 is 9.47 Å². The van der Waals surface area contributed by atoms with E-state index < -0.39 is 0 Å². The van der Waals surface area contributed by atoms with Crippen LogP contribution in [0.2, 0.25) is 0 Å². The number of nitrogens with zero attached hydrogens (tertiary/aromatic N) is 3. The van der Waals surface area contributed by atoms with Gasteiger partial charge in [0, 0.05) is 47.1 Å². The van der Waals surface area contributed by atoms with Gasteiger partial charge in [-0.2, -0.15) is 0 Å². The summed E-state index contributed by atoms with van der Waals surface area (Å²) in [5.74, 6) is 2.10. The number of hydrogen-bond donors (Lipinski definition) is 0. The van der Waals surface area contributed by atoms with Gasteiger partial charge in [-0.1, -0.05) is 0 Å². The van der Waals surface area contributed by atoms with Gasteiger partial charge in [-0.05, 0) is 45.2 Å². The molecule has 1 aliphatic heterocycles. The first kappa shape index (κ1) is 14.9. The van der Waals surface area contributed by atoms with Crippen LogP contribution in [0.5, 0.6) is 0 Å². The molecule has 0 unspecified atom stereocenters. The van der Waals surface area contributed by atoms with E-state index in [0.29, 0.717) is 17.9 Å². The quantitative estimate of drug-likeness (QED) is 0.864. The molecule has 2 aliphatic rings. The van der Waals surface area contributed by atoms with Crippen LogP contribution < -0.4 is 0 Å². The molecule has 5 heteroatoms. The normalized spacial score (nSPS) is 27.2. The summed E-state index contributed by atoms with van der Waals surface area (Å²) < 4.78 is 2.23. The second-order valence-corrected chi connectivity index (χ2v) is 8.18. The summed E-state index contributed by atoms with van der Waals surface area (Å²) in [6, 6.07) is 4.75. The molecule has 0 aromatic carbocycles. The van der Waals surface area contributed by atoms with E-state index >= 15 is 0 Å². The monoisotopic (exact) mass is 329 g/mol. The summed E-state index contributed by atoms with van der Waals surface area (Å²) in [5, 5.41) is 0. The number of piperidine rings is 1. The van der Waals surface area contributed by atoms with Gasteiger partial charge in [-0.3, -0.25) is 4.79 Å². The van der Waals surface area contributed by atoms with E-state index in [9.17, 15) is 4.79 Å². The standard InChI is InChI=1S/C18H23N3OS/c1-12-5-6-17(23-12)15-10-16(15)18(22)20-8-3-4-14(11-20)21-9-7-19-13(21)2/h5-7,9,14-16H,3-4,8,10-11H2,1-2H3/t14-,15+,16-/m0/s1. The van der Waals surface area contributed by atoms with Gasteiger partial charge in [-0.15, -0.1) is 11.3 Å². The van der Waals surface area contributed by atoms with Gasteiger partial charge >= 0.3 is 0 Å². The van der Waals surface area contributed by atoms with E-state index in [2.05, 4.69) is 33.5 Å². The van der Waals surface area contributed by atoms with Gasteiger partial charge in [-0.25, -0.2) is 4.98 Å². The Balaban J connectivity index is 1.42. The smallest absolute Gasteiger partial charge is 0.226 e. The topological polar surface area (TPSA) is 38.1 Å². The summed E-state index contributed by atoms with van der Waals surface area (Å²) in [6.07, 6.45) is 7.15. The van der Waals surface area contributed by atoms with Gasteiger partial charge in [0.2, 0.25) is 5.91 Å². The molecule has 1 amide bonds. The Kier molecular flexibility index (Phi) is 3.76. The van der Waals surface area contributed by atoms with Crippen molar-refractivity contribution in [2.45, 2.75) is 45.1 Å². The number of rotatable bonds is 3. The zero-order valence-electron chi connectivity index (χ0n) is 13.7. The van der Waals surface area contributed by atoms with Gasteiger partial charge in [0.1, 0.15) is 5.82 Å². The molecule has 4 rings (SSSR count). The van der Waals surface area contributed by atoms with E-state index in [1.807, 2.05) is 30.7 Å². The lowest BCUT2D eigenvalue weighted by Gasteiger charge is -2.34. The molecule has 2 fully saturated rings. The maximum Gasteiger partial charge on any atom is 0.226 e. The Morgan fingerprint density at radius 1 is 1.35 bits per heavy atom. The Hall–Kier alpha value is -1.62. The largest absolute Gasteiger partial charge is 0.340 e. The highest BCUT2D eigenvalue weighted by atomic mass is 32.1. The highest BCUT2D eigenvalue weighted by molar-refractivity contribution is 7.12. The number of carbonyl (C=O) groups excluding carboxylic acids is 1. The maximum absolute atomic E-state index is 12.9. The van der Waals surface area contributed by atoms with Crippen molar-refractivity contribution in [2.24, 2.45) is 5.92 Å². The van der Waals surface area contributed by atoms with Crippen molar-refractivity contribution in [1.29, 1.82) is 0 Å². The average molecular weight is 329 g/mol. The molecule has 0 spiro atoms. The average Bonchev–Trinajstić information content (AvgIpc) is 3.05. The Morgan fingerprint density at radius 3 is 2.91 bits per heavy atom. The number of likely N-dealkylation sites (tertiary alicyclic amines) is 1. The zero-order valence-corrected chi connectivity index (χ0v) is 14.6. The summed E-state index contributed by atoms with van der Waals surface area (Å²) in [6.45, 7) is 5.92. The third kappa shape index (κ3) is 2.82. The van der Waals surface area contributed by atoms with Crippen molar-refractivity contribution in [2.75, 3.05) is 13.1 Å². The van der Waals surface area contributed by atoms with Crippen molar-refractivity contribution in [1.82, 2.24) is 14.5 Å². The number of hydrogen-bond acceptors (Lipinski definition) is 3. The molecule has 1 saturated carbocycles. The van der Waals surface area contributed by atoms with Crippen LogP contribution in [0.25, 0.3) is 0 Å². The lowest BCUT2D eigenvalue weighted by Crippen LogP contribution is -2.41. The molecular formula is C18H23N3OS. The summed E-state index contributed by atoms with van der Waals surface area (Å²) in [7, 11) is 0. The second kappa shape index (κ2) is 5.78. The highest BCUT2D eigenvalue weighted by Gasteiger charge is 2.47. The lowest BCUT2D eigenvalue weighted by atomic mass is 10.0. The lowest BCUT2D eigenvalue weighted by molar-refractivity contribution is -0.134. The molecule has 2 aromatic heterocycles. The first-order valence-electron chi connectivity index (χ1n) is 8.48. The van der Waals surface area contributed by atoms with E-state index in [0.717, 1.165) is 38.2 Å². The Morgan fingerprint density at radius 2 is 2.22 bits per heavy atom. The number of carbonyl (C=O) groups is 1. The minimum Gasteiger partial charge on any atom is -0.340 e. The first-order valence-corrected chi connectivity index (χ1v) is 9.29. The van der Waals surface area contributed by atoms with Crippen LogP contribution in [-0.4, -0.2) is 33.4 Å². The number of aryl methyl sites for hydroxylation is 2. The maximum atomic E-state index is 12.9. The number of imidazole rings is 1. The van der Waals surface area contributed by atoms with Crippen LogP contribution in [0.3, 0.4) is 0 Å². The molecule has 0 radical (unpaired) electrons. The summed E-state index contributed by atoms with van der Waals surface area (Å²) >= 11 is 1.84. The highest BCUT2D eigenvalue weighted by Crippen LogP contribution is 2.50. The fourth-order valence-corrected chi connectivity index (χ4v) is 4.88. The number of thiophene rings is 1. The molecule has 1 saturated heterocycles. The molecule has 3 atom stereocenters. The SMILES string of the molecule is Cc1ccc([C@@H]2C[C@@H]2C(=O)N2CCC[C@H](n3ccnc3C)C2)s1. The summed E-state index contributed by atoms with van der Waals surface area (Å²) in [5.41, 5.74) is 0. The third-order valence-corrected chi connectivity index (χ3v) is 6.33. The molecular weight excluding hydrogens is 306 g/mol. The van der Waals surface area contributed by atoms with Crippen LogP contribution in [-0.2, 0) is 4.79 Å². The first-order chi connectivity index (χ1) is 11.1. The van der Waals surface area contributed by atoms with E-state index in [4.69, 9.17) is 0 Å². The Bertz CT molecular complexity index is 719. The van der Waals surface area contributed by atoms with Crippen molar-refractivity contribution in [3.8, 4) is 0 Å². The molecule has 3 heterocycles. The third-order valence-electron chi connectivity index (χ3n) is 5.20. The van der Waals surface area contributed by atoms with Crippen molar-refractivity contribution in [3.05, 3.63) is 40.1 Å². The fourth-order valence-electron chi connectivity index (χ4n) is 3.83. The van der Waals surface area contributed by atoms with Crippen LogP contribution in [0.4, 0.5) is 0 Å². The van der Waals surface area contributed by atoms with Gasteiger partial charge in [0.15, 0.2) is 0 Å². The van der Waals surface area contributed by atoms with Crippen molar-refractivity contribution >= 4 is 17.2 Å². The van der Waals surface area contributed by atoms with Gasteiger partial charge in [0.05, 0.1) is 6.04 Å². The molecule has 0 N–H and O–H groups in total. The fraction of sp³-hybridized carbons (Fsp3) is 0.556. The van der Waals surface area contributed by atoms with E-state index in [1.165, 1.54) is 9.75 Å². The van der Waals surface area contributed by atoms with Crippen LogP contribution in [0.15, 0.2) is 24.5 Å². The number of amides is 1. The van der Waals surface area contributed by atoms with Gasteiger partial charge in [0.25, 0.3) is 0 Å². The van der Waals surface area contributed by atoms with Crippen LogP contribution >= 0.6 is 11.3 Å². The van der Waals surface area contributed by atoms with E-state index in [-0.39, 0.29) is 5.92 Å². The predicted octanol–water partition coefficient (Wildman–Crippen LogP) is 3.53. The number of aromatic nitrogens is 2. The van der Waals surface area contributed by atoms with Crippen LogP contribution in [0, 0.1) is 19.8 Å². The van der Waals surface area contributed by atoms with Crippen molar-refractivity contribution < 1.29 is 4.79 Å². The molecule has 1 aliphatic carbocycles. The predicted molar refractivity (Wildman–Crippen MR) is 91.7 cm³/mol. The van der Waals surface area contributed by atoms with Crippen LogP contribution in [0.1, 0.15) is 46.8 Å². The molecule has 23 heavy (non-hydrogen) atoms. The van der Waals surface area contributed by atoms with Crippen molar-refractivity contribution in [3.63, 3.8) is 0 Å². The molecule has 122 valence electrons. The minimum atomic E-state index is 0.218. The van der Waals surface area contributed by atoms with E-state index in [1.54, 1.807) is 0 Å². The molecule has 4 nitrogen and oxygen atoms in total. The zero-order chi connectivity index (χ0) is 16.0.